The Morgan fingerprint density at radius 2 is 2.50 bits per heavy atom. The van der Waals surface area contributed by atoms with Crippen LogP contribution in [0, 0.1) is 0 Å². The number of carbonyl (C=O) groups excluding carboxylic acids is 2. The van der Waals surface area contributed by atoms with Gasteiger partial charge in [-0.3, -0.25) is 14.9 Å². The van der Waals surface area contributed by atoms with Crippen molar-refractivity contribution < 1.29 is 9.59 Å². The second-order valence-corrected chi connectivity index (χ2v) is 4.00. The summed E-state index contributed by atoms with van der Waals surface area (Å²) in [5.41, 5.74) is 0. The number of hydrogen-bond donors (Lipinski definition) is 2. The molecule has 86 valence electrons. The smallest absolute Gasteiger partial charge is 0.244 e. The Labute approximate surface area is 93.0 Å². The first-order valence-corrected chi connectivity index (χ1v) is 5.20. The number of imidazole rings is 1. The minimum atomic E-state index is -0.397. The maximum Gasteiger partial charge on any atom is 0.244 e. The van der Waals surface area contributed by atoms with E-state index in [0.29, 0.717) is 0 Å². The number of carbonyl (C=O) groups is 2. The minimum Gasteiger partial charge on any atom is -0.336 e. The molecule has 6 nitrogen and oxygen atoms in total. The van der Waals surface area contributed by atoms with E-state index < -0.39 is 6.04 Å². The van der Waals surface area contributed by atoms with Crippen LogP contribution in [0.2, 0.25) is 0 Å². The molecule has 2 rings (SSSR count). The molecule has 2 heterocycles. The van der Waals surface area contributed by atoms with Gasteiger partial charge in [0.25, 0.3) is 0 Å². The molecular formula is C10H14N4O2. The average molecular weight is 222 g/mol. The van der Waals surface area contributed by atoms with Crippen LogP contribution in [0.15, 0.2) is 18.7 Å². The molecule has 0 saturated carbocycles. The van der Waals surface area contributed by atoms with Crippen LogP contribution in [-0.2, 0) is 16.1 Å². The van der Waals surface area contributed by atoms with Gasteiger partial charge in [0, 0.05) is 25.0 Å². The highest BCUT2D eigenvalue weighted by Crippen LogP contribution is 2.03. The Morgan fingerprint density at radius 1 is 1.69 bits per heavy atom. The van der Waals surface area contributed by atoms with E-state index in [-0.39, 0.29) is 24.3 Å². The minimum absolute atomic E-state index is 0.107. The first-order valence-electron chi connectivity index (χ1n) is 5.20. The second-order valence-electron chi connectivity index (χ2n) is 4.00. The number of imide groups is 1. The van der Waals surface area contributed by atoms with Crippen LogP contribution >= 0.6 is 0 Å². The van der Waals surface area contributed by atoms with E-state index >= 15 is 0 Å². The molecule has 2 amide bonds. The molecule has 0 aromatic carbocycles. The molecule has 0 aliphatic carbocycles. The van der Waals surface area contributed by atoms with Gasteiger partial charge in [0.2, 0.25) is 11.8 Å². The van der Waals surface area contributed by atoms with E-state index in [2.05, 4.69) is 15.6 Å². The van der Waals surface area contributed by atoms with Crippen molar-refractivity contribution in [3.63, 3.8) is 0 Å². The zero-order valence-corrected chi connectivity index (χ0v) is 9.01. The van der Waals surface area contributed by atoms with Crippen LogP contribution in [0.1, 0.15) is 13.3 Å². The molecule has 1 aromatic rings. The molecular weight excluding hydrogens is 208 g/mol. The van der Waals surface area contributed by atoms with E-state index in [0.717, 1.165) is 6.54 Å². The monoisotopic (exact) mass is 222 g/mol. The van der Waals surface area contributed by atoms with E-state index in [4.69, 9.17) is 0 Å². The number of nitrogens with zero attached hydrogens (tertiary/aromatic N) is 2. The molecule has 16 heavy (non-hydrogen) atoms. The highest BCUT2D eigenvalue weighted by Gasteiger charge is 2.30. The zero-order chi connectivity index (χ0) is 11.5. The van der Waals surface area contributed by atoms with Gasteiger partial charge in [-0.1, -0.05) is 0 Å². The lowest BCUT2D eigenvalue weighted by Crippen LogP contribution is -2.43. The van der Waals surface area contributed by atoms with Crippen LogP contribution in [0.4, 0.5) is 0 Å². The third-order valence-electron chi connectivity index (χ3n) is 2.50. The fourth-order valence-electron chi connectivity index (χ4n) is 1.80. The summed E-state index contributed by atoms with van der Waals surface area (Å²) in [5.74, 6) is -0.445. The Hall–Kier alpha value is -1.69. The maximum atomic E-state index is 11.3. The van der Waals surface area contributed by atoms with Crippen LogP contribution in [0.5, 0.6) is 0 Å². The van der Waals surface area contributed by atoms with Crippen molar-refractivity contribution >= 4 is 11.8 Å². The molecule has 0 bridgehead atoms. The Bertz CT molecular complexity index is 388. The quantitative estimate of drug-likeness (QED) is 0.659. The molecule has 1 fully saturated rings. The van der Waals surface area contributed by atoms with Crippen LogP contribution in [0.25, 0.3) is 0 Å². The van der Waals surface area contributed by atoms with Crippen LogP contribution in [0.3, 0.4) is 0 Å². The molecule has 2 atom stereocenters. The van der Waals surface area contributed by atoms with Crippen LogP contribution in [-0.4, -0.2) is 33.4 Å². The highest BCUT2D eigenvalue weighted by molar-refractivity contribution is 6.05. The molecule has 0 radical (unpaired) electrons. The summed E-state index contributed by atoms with van der Waals surface area (Å²) >= 11 is 0. The van der Waals surface area contributed by atoms with E-state index in [1.165, 1.54) is 0 Å². The van der Waals surface area contributed by atoms with Crippen molar-refractivity contribution in [2.75, 3.05) is 0 Å². The van der Waals surface area contributed by atoms with Gasteiger partial charge in [0.15, 0.2) is 0 Å². The molecule has 1 aliphatic heterocycles. The predicted octanol–water partition coefficient (Wildman–Crippen LogP) is -0.724. The normalized spacial score (nSPS) is 22.2. The fraction of sp³-hybridized carbons (Fsp3) is 0.500. The summed E-state index contributed by atoms with van der Waals surface area (Å²) in [6, 6.07) is -0.290. The Balaban J connectivity index is 1.85. The van der Waals surface area contributed by atoms with Gasteiger partial charge in [-0.05, 0) is 6.92 Å². The van der Waals surface area contributed by atoms with Crippen molar-refractivity contribution in [3.05, 3.63) is 18.7 Å². The summed E-state index contributed by atoms with van der Waals surface area (Å²) in [5, 5.41) is 5.39. The standard InChI is InChI=1S/C10H14N4O2/c1-7(5-14-3-2-11-6-14)12-8-4-9(15)13-10(8)16/h2-3,6-8,12H,4-5H2,1H3,(H,13,15,16). The number of hydrogen-bond acceptors (Lipinski definition) is 4. The molecule has 1 saturated heterocycles. The van der Waals surface area contributed by atoms with Gasteiger partial charge in [-0.25, -0.2) is 4.98 Å². The lowest BCUT2D eigenvalue weighted by atomic mass is 10.2. The SMILES string of the molecule is CC(Cn1ccnc1)NC1CC(=O)NC1=O. The molecule has 2 N–H and O–H groups in total. The summed E-state index contributed by atoms with van der Waals surface area (Å²) < 4.78 is 1.92. The molecule has 1 aromatic heterocycles. The van der Waals surface area contributed by atoms with Crippen LogP contribution < -0.4 is 10.6 Å². The largest absolute Gasteiger partial charge is 0.336 e. The van der Waals surface area contributed by atoms with Crippen molar-refractivity contribution in [2.24, 2.45) is 0 Å². The van der Waals surface area contributed by atoms with Gasteiger partial charge < -0.3 is 9.88 Å². The van der Waals surface area contributed by atoms with Gasteiger partial charge in [0.05, 0.1) is 18.8 Å². The Morgan fingerprint density at radius 3 is 3.06 bits per heavy atom. The lowest BCUT2D eigenvalue weighted by Gasteiger charge is -2.17. The zero-order valence-electron chi connectivity index (χ0n) is 9.01. The average Bonchev–Trinajstić information content (AvgIpc) is 2.78. The molecule has 6 heteroatoms. The van der Waals surface area contributed by atoms with Gasteiger partial charge >= 0.3 is 0 Å². The first kappa shape index (κ1) is 10.8. The molecule has 1 aliphatic rings. The van der Waals surface area contributed by atoms with E-state index in [1.54, 1.807) is 12.5 Å². The summed E-state index contributed by atoms with van der Waals surface area (Å²) in [6.45, 7) is 2.69. The summed E-state index contributed by atoms with van der Waals surface area (Å²) in [6.07, 6.45) is 5.52. The van der Waals surface area contributed by atoms with E-state index in [1.807, 2.05) is 17.7 Å². The van der Waals surface area contributed by atoms with Crippen molar-refractivity contribution in [1.29, 1.82) is 0 Å². The molecule has 0 spiro atoms. The first-order chi connectivity index (χ1) is 7.65. The van der Waals surface area contributed by atoms with Gasteiger partial charge in [0.1, 0.15) is 0 Å². The second kappa shape index (κ2) is 4.44. The van der Waals surface area contributed by atoms with Gasteiger partial charge in [-0.2, -0.15) is 0 Å². The van der Waals surface area contributed by atoms with Crippen molar-refractivity contribution in [3.8, 4) is 0 Å². The fourth-order valence-corrected chi connectivity index (χ4v) is 1.80. The van der Waals surface area contributed by atoms with Crippen molar-refractivity contribution in [1.82, 2.24) is 20.2 Å². The van der Waals surface area contributed by atoms with Gasteiger partial charge in [-0.15, -0.1) is 0 Å². The number of amides is 2. The summed E-state index contributed by atoms with van der Waals surface area (Å²) in [4.78, 5) is 26.2. The van der Waals surface area contributed by atoms with E-state index in [9.17, 15) is 9.59 Å². The Kier molecular flexibility index (Phi) is 3.00. The third-order valence-corrected chi connectivity index (χ3v) is 2.50. The number of aromatic nitrogens is 2. The number of rotatable bonds is 4. The topological polar surface area (TPSA) is 76.0 Å². The van der Waals surface area contributed by atoms with Crippen molar-refractivity contribution in [2.45, 2.75) is 32.0 Å². The number of nitrogens with one attached hydrogen (secondary N) is 2. The lowest BCUT2D eigenvalue weighted by molar-refractivity contribution is -0.125. The highest BCUT2D eigenvalue weighted by atomic mass is 16.2. The maximum absolute atomic E-state index is 11.3. The third kappa shape index (κ3) is 2.46. The molecule has 2 unspecified atom stereocenters. The predicted molar refractivity (Wildman–Crippen MR) is 56.4 cm³/mol. The summed E-state index contributed by atoms with van der Waals surface area (Å²) in [7, 11) is 0.